The van der Waals surface area contributed by atoms with Crippen molar-refractivity contribution in [3.05, 3.63) is 34.1 Å². The maximum Gasteiger partial charge on any atom is 0.251 e. The number of carbonyl (C=O) groups excluding carboxylic acids is 1. The van der Waals surface area contributed by atoms with Gasteiger partial charge in [0.25, 0.3) is 5.91 Å². The van der Waals surface area contributed by atoms with E-state index in [9.17, 15) is 9.18 Å². The van der Waals surface area contributed by atoms with Gasteiger partial charge in [0.2, 0.25) is 0 Å². The summed E-state index contributed by atoms with van der Waals surface area (Å²) in [4.78, 5) is 11.6. The molecule has 1 rings (SSSR count). The standard InChI is InChI=1S/C11H13BrFNO2/c12-9-7-8(3-4-10(9)13)11(16)14-5-1-2-6-15/h3-4,7,15H,1-2,5-6H2,(H,14,16). The fraction of sp³-hybridized carbons (Fsp3) is 0.364. The summed E-state index contributed by atoms with van der Waals surface area (Å²) in [5.41, 5.74) is 0.414. The Kier molecular flexibility index (Phi) is 5.42. The summed E-state index contributed by atoms with van der Waals surface area (Å²) in [6, 6.07) is 4.12. The smallest absolute Gasteiger partial charge is 0.251 e. The highest BCUT2D eigenvalue weighted by Crippen LogP contribution is 2.16. The molecule has 0 heterocycles. The van der Waals surface area contributed by atoms with Crippen molar-refractivity contribution in [2.45, 2.75) is 12.8 Å². The highest BCUT2D eigenvalue weighted by Gasteiger charge is 2.07. The molecule has 1 amide bonds. The van der Waals surface area contributed by atoms with Gasteiger partial charge in [0.1, 0.15) is 5.82 Å². The van der Waals surface area contributed by atoms with E-state index in [1.807, 2.05) is 0 Å². The van der Waals surface area contributed by atoms with Crippen molar-refractivity contribution in [1.29, 1.82) is 0 Å². The largest absolute Gasteiger partial charge is 0.396 e. The summed E-state index contributed by atoms with van der Waals surface area (Å²) < 4.78 is 13.2. The van der Waals surface area contributed by atoms with Crippen molar-refractivity contribution in [3.63, 3.8) is 0 Å². The molecule has 0 saturated heterocycles. The van der Waals surface area contributed by atoms with E-state index >= 15 is 0 Å². The quantitative estimate of drug-likeness (QED) is 0.816. The summed E-state index contributed by atoms with van der Waals surface area (Å²) in [7, 11) is 0. The van der Waals surface area contributed by atoms with Crippen LogP contribution in [0.3, 0.4) is 0 Å². The van der Waals surface area contributed by atoms with E-state index in [0.29, 0.717) is 18.5 Å². The number of rotatable bonds is 5. The number of aliphatic hydroxyl groups is 1. The van der Waals surface area contributed by atoms with Gasteiger partial charge in [-0.1, -0.05) is 0 Å². The molecule has 0 aliphatic heterocycles. The molecule has 0 atom stereocenters. The second-order valence-corrected chi connectivity index (χ2v) is 4.17. The summed E-state index contributed by atoms with van der Waals surface area (Å²) in [6.45, 7) is 0.631. The third kappa shape index (κ3) is 3.90. The Bertz CT molecular complexity index is 371. The molecule has 0 aromatic heterocycles. The monoisotopic (exact) mass is 289 g/mol. The van der Waals surface area contributed by atoms with Crippen LogP contribution in [-0.4, -0.2) is 24.2 Å². The Morgan fingerprint density at radius 2 is 2.19 bits per heavy atom. The Hall–Kier alpha value is -0.940. The van der Waals surface area contributed by atoms with E-state index in [4.69, 9.17) is 5.11 Å². The van der Waals surface area contributed by atoms with Crippen LogP contribution in [0.1, 0.15) is 23.2 Å². The van der Waals surface area contributed by atoms with Crippen LogP contribution < -0.4 is 5.32 Å². The minimum Gasteiger partial charge on any atom is -0.396 e. The molecular formula is C11H13BrFNO2. The molecular weight excluding hydrogens is 277 g/mol. The number of amides is 1. The van der Waals surface area contributed by atoms with Crippen molar-refractivity contribution < 1.29 is 14.3 Å². The number of aliphatic hydroxyl groups excluding tert-OH is 1. The van der Waals surface area contributed by atoms with Gasteiger partial charge >= 0.3 is 0 Å². The van der Waals surface area contributed by atoms with E-state index in [0.717, 1.165) is 6.42 Å². The van der Waals surface area contributed by atoms with E-state index in [2.05, 4.69) is 21.2 Å². The molecule has 0 spiro atoms. The minimum absolute atomic E-state index is 0.123. The third-order valence-corrected chi connectivity index (χ3v) is 2.66. The van der Waals surface area contributed by atoms with Gasteiger partial charge in [0, 0.05) is 18.7 Å². The van der Waals surface area contributed by atoms with Crippen LogP contribution in [0.2, 0.25) is 0 Å². The highest BCUT2D eigenvalue weighted by molar-refractivity contribution is 9.10. The normalized spacial score (nSPS) is 10.2. The number of carbonyl (C=O) groups is 1. The predicted molar refractivity (Wildman–Crippen MR) is 62.8 cm³/mol. The molecule has 1 aromatic rings. The molecule has 3 nitrogen and oxygen atoms in total. The molecule has 0 aliphatic rings. The van der Waals surface area contributed by atoms with Crippen molar-refractivity contribution in [2.75, 3.05) is 13.2 Å². The van der Waals surface area contributed by atoms with Crippen molar-refractivity contribution in [3.8, 4) is 0 Å². The van der Waals surface area contributed by atoms with Gasteiger partial charge in [-0.2, -0.15) is 0 Å². The summed E-state index contributed by atoms with van der Waals surface area (Å²) in [5.74, 6) is -0.629. The molecule has 0 saturated carbocycles. The number of benzene rings is 1. The predicted octanol–water partition coefficient (Wildman–Crippen LogP) is 2.09. The molecule has 16 heavy (non-hydrogen) atoms. The summed E-state index contributed by atoms with van der Waals surface area (Å²) in [6.07, 6.45) is 1.39. The Balaban J connectivity index is 2.50. The van der Waals surface area contributed by atoms with Gasteiger partial charge in [0.05, 0.1) is 4.47 Å². The fourth-order valence-corrected chi connectivity index (χ4v) is 1.56. The first-order valence-electron chi connectivity index (χ1n) is 4.99. The maximum absolute atomic E-state index is 12.9. The van der Waals surface area contributed by atoms with Gasteiger partial charge < -0.3 is 10.4 Å². The van der Waals surface area contributed by atoms with Crippen molar-refractivity contribution >= 4 is 21.8 Å². The molecule has 2 N–H and O–H groups in total. The lowest BCUT2D eigenvalue weighted by molar-refractivity contribution is 0.0952. The molecule has 1 aromatic carbocycles. The lowest BCUT2D eigenvalue weighted by atomic mass is 10.2. The lowest BCUT2D eigenvalue weighted by Gasteiger charge is -2.05. The average Bonchev–Trinajstić information content (AvgIpc) is 2.28. The molecule has 5 heteroatoms. The van der Waals surface area contributed by atoms with Gasteiger partial charge in [-0.25, -0.2) is 4.39 Å². The van der Waals surface area contributed by atoms with E-state index in [1.165, 1.54) is 18.2 Å². The molecule has 0 bridgehead atoms. The second-order valence-electron chi connectivity index (χ2n) is 3.32. The number of nitrogens with one attached hydrogen (secondary N) is 1. The second kappa shape index (κ2) is 6.60. The maximum atomic E-state index is 12.9. The third-order valence-electron chi connectivity index (χ3n) is 2.05. The van der Waals surface area contributed by atoms with Crippen LogP contribution in [0, 0.1) is 5.82 Å². The zero-order chi connectivity index (χ0) is 12.0. The number of unbranched alkanes of at least 4 members (excludes halogenated alkanes) is 1. The summed E-state index contributed by atoms with van der Waals surface area (Å²) in [5, 5.41) is 11.2. The molecule has 88 valence electrons. The van der Waals surface area contributed by atoms with Crippen LogP contribution in [-0.2, 0) is 0 Å². The Morgan fingerprint density at radius 1 is 1.44 bits per heavy atom. The van der Waals surface area contributed by atoms with Crippen LogP contribution in [0.15, 0.2) is 22.7 Å². The van der Waals surface area contributed by atoms with Gasteiger partial charge in [-0.15, -0.1) is 0 Å². The van der Waals surface area contributed by atoms with E-state index in [1.54, 1.807) is 0 Å². The first kappa shape index (κ1) is 13.1. The Morgan fingerprint density at radius 3 is 2.81 bits per heavy atom. The Labute approximate surface area is 102 Å². The number of hydrogen-bond acceptors (Lipinski definition) is 2. The van der Waals surface area contributed by atoms with E-state index < -0.39 is 5.82 Å². The topological polar surface area (TPSA) is 49.3 Å². The zero-order valence-electron chi connectivity index (χ0n) is 8.67. The zero-order valence-corrected chi connectivity index (χ0v) is 10.3. The fourth-order valence-electron chi connectivity index (χ4n) is 1.18. The first-order valence-corrected chi connectivity index (χ1v) is 5.78. The van der Waals surface area contributed by atoms with Crippen LogP contribution >= 0.6 is 15.9 Å². The molecule has 0 unspecified atom stereocenters. The number of hydrogen-bond donors (Lipinski definition) is 2. The average molecular weight is 290 g/mol. The lowest BCUT2D eigenvalue weighted by Crippen LogP contribution is -2.24. The van der Waals surface area contributed by atoms with Crippen LogP contribution in [0.25, 0.3) is 0 Å². The van der Waals surface area contributed by atoms with Crippen molar-refractivity contribution in [1.82, 2.24) is 5.32 Å². The van der Waals surface area contributed by atoms with Crippen LogP contribution in [0.5, 0.6) is 0 Å². The molecule has 0 fully saturated rings. The van der Waals surface area contributed by atoms with Gasteiger partial charge in [-0.3, -0.25) is 4.79 Å². The molecule has 0 aliphatic carbocycles. The SMILES string of the molecule is O=C(NCCCCO)c1ccc(F)c(Br)c1. The minimum atomic E-state index is -0.392. The highest BCUT2D eigenvalue weighted by atomic mass is 79.9. The molecule has 0 radical (unpaired) electrons. The number of halogens is 2. The van der Waals surface area contributed by atoms with Crippen LogP contribution in [0.4, 0.5) is 4.39 Å². The van der Waals surface area contributed by atoms with E-state index in [-0.39, 0.29) is 17.0 Å². The summed E-state index contributed by atoms with van der Waals surface area (Å²) >= 11 is 3.02. The van der Waals surface area contributed by atoms with Crippen molar-refractivity contribution in [2.24, 2.45) is 0 Å². The van der Waals surface area contributed by atoms with Gasteiger partial charge in [0.15, 0.2) is 0 Å². The van der Waals surface area contributed by atoms with Gasteiger partial charge in [-0.05, 0) is 47.0 Å². The first-order chi connectivity index (χ1) is 7.65.